The Bertz CT molecular complexity index is 1000. The van der Waals surface area contributed by atoms with E-state index in [4.69, 9.17) is 9.47 Å². The molecule has 3 rings (SSSR count). The first-order valence-corrected chi connectivity index (χ1v) is 9.60. The van der Waals surface area contributed by atoms with E-state index in [9.17, 15) is 14.9 Å². The zero-order valence-electron chi connectivity index (χ0n) is 16.7. The van der Waals surface area contributed by atoms with Crippen LogP contribution in [0.5, 0.6) is 0 Å². The number of nitro benzene ring substituents is 1. The largest absolute Gasteiger partial charge is 0.382 e. The van der Waals surface area contributed by atoms with Crippen LogP contribution in [0.2, 0.25) is 0 Å². The zero-order valence-corrected chi connectivity index (χ0v) is 16.7. The number of methoxy groups -OCH3 is 1. The van der Waals surface area contributed by atoms with Crippen LogP contribution in [-0.2, 0) is 22.5 Å². The van der Waals surface area contributed by atoms with Crippen molar-refractivity contribution < 1.29 is 19.2 Å². The van der Waals surface area contributed by atoms with Crippen LogP contribution in [0.4, 0.5) is 5.69 Å². The van der Waals surface area contributed by atoms with Crippen molar-refractivity contribution in [2.45, 2.75) is 13.0 Å². The van der Waals surface area contributed by atoms with Gasteiger partial charge in [0, 0.05) is 25.2 Å². The van der Waals surface area contributed by atoms with Gasteiger partial charge in [-0.3, -0.25) is 14.9 Å². The fraction of sp³-hybridized carbons (Fsp3) is 0.208. The normalized spacial score (nSPS) is 10.7. The second kappa shape index (κ2) is 10.4. The number of benzene rings is 3. The van der Waals surface area contributed by atoms with Crippen molar-refractivity contribution in [3.8, 4) is 11.1 Å². The number of rotatable bonds is 10. The summed E-state index contributed by atoms with van der Waals surface area (Å²) in [5, 5.41) is 11.4. The Morgan fingerprint density at radius 3 is 2.30 bits per heavy atom. The Morgan fingerprint density at radius 1 is 0.933 bits per heavy atom. The molecule has 0 unspecified atom stereocenters. The second-order valence-corrected chi connectivity index (χ2v) is 6.81. The molecule has 0 heterocycles. The fourth-order valence-electron chi connectivity index (χ4n) is 3.09. The minimum Gasteiger partial charge on any atom is -0.382 e. The summed E-state index contributed by atoms with van der Waals surface area (Å²) < 4.78 is 10.3. The molecule has 0 bridgehead atoms. The van der Waals surface area contributed by atoms with Crippen molar-refractivity contribution in [3.63, 3.8) is 0 Å². The summed E-state index contributed by atoms with van der Waals surface area (Å²) in [5.74, 6) is -0.169. The van der Waals surface area contributed by atoms with E-state index in [0.717, 1.165) is 16.7 Å². The number of hydrogen-bond donors (Lipinski definition) is 0. The zero-order chi connectivity index (χ0) is 21.3. The van der Waals surface area contributed by atoms with Gasteiger partial charge in [-0.05, 0) is 22.8 Å². The van der Waals surface area contributed by atoms with E-state index in [1.165, 1.54) is 6.07 Å². The van der Waals surface area contributed by atoms with Gasteiger partial charge >= 0.3 is 0 Å². The van der Waals surface area contributed by atoms with Gasteiger partial charge in [0.15, 0.2) is 5.78 Å². The molecule has 0 amide bonds. The summed E-state index contributed by atoms with van der Waals surface area (Å²) >= 11 is 0. The molecule has 154 valence electrons. The molecule has 0 aliphatic rings. The second-order valence-electron chi connectivity index (χ2n) is 6.81. The highest BCUT2D eigenvalue weighted by Gasteiger charge is 2.18. The maximum atomic E-state index is 12.7. The van der Waals surface area contributed by atoms with Crippen LogP contribution in [-0.4, -0.2) is 31.0 Å². The van der Waals surface area contributed by atoms with Gasteiger partial charge in [0.2, 0.25) is 0 Å². The van der Waals surface area contributed by atoms with E-state index in [1.807, 2.05) is 54.6 Å². The van der Waals surface area contributed by atoms with Gasteiger partial charge in [-0.1, -0.05) is 60.7 Å². The molecule has 6 nitrogen and oxygen atoms in total. The highest BCUT2D eigenvalue weighted by atomic mass is 16.6. The Kier molecular flexibility index (Phi) is 7.43. The minimum atomic E-state index is -0.486. The number of ether oxygens (including phenoxy) is 2. The van der Waals surface area contributed by atoms with Gasteiger partial charge in [-0.15, -0.1) is 0 Å². The molecule has 6 heteroatoms. The van der Waals surface area contributed by atoms with Crippen LogP contribution in [0.1, 0.15) is 21.5 Å². The molecule has 0 fully saturated rings. The lowest BCUT2D eigenvalue weighted by atomic mass is 9.98. The first-order chi connectivity index (χ1) is 14.6. The maximum absolute atomic E-state index is 12.7. The molecule has 0 saturated carbocycles. The quantitative estimate of drug-likeness (QED) is 0.208. The molecule has 3 aromatic carbocycles. The molecule has 0 aliphatic heterocycles. The molecular weight excluding hydrogens is 382 g/mol. The molecule has 0 radical (unpaired) electrons. The van der Waals surface area contributed by atoms with Crippen molar-refractivity contribution in [2.24, 2.45) is 0 Å². The molecule has 0 spiro atoms. The topological polar surface area (TPSA) is 78.7 Å². The number of ketones is 1. The number of nitro groups is 1. The Morgan fingerprint density at radius 2 is 1.63 bits per heavy atom. The summed E-state index contributed by atoms with van der Waals surface area (Å²) in [5.41, 5.74) is 3.66. The lowest BCUT2D eigenvalue weighted by molar-refractivity contribution is -0.386. The molecular formula is C24H23NO5. The van der Waals surface area contributed by atoms with Crippen LogP contribution >= 0.6 is 0 Å². The van der Waals surface area contributed by atoms with Crippen molar-refractivity contribution in [2.75, 3.05) is 20.3 Å². The lowest BCUT2D eigenvalue weighted by Crippen LogP contribution is -2.07. The Labute approximate surface area is 175 Å². The lowest BCUT2D eigenvalue weighted by Gasteiger charge is -2.08. The summed E-state index contributed by atoms with van der Waals surface area (Å²) in [6.07, 6.45) is 0.176. The third kappa shape index (κ3) is 5.59. The summed E-state index contributed by atoms with van der Waals surface area (Å²) in [7, 11) is 1.56. The third-order valence-corrected chi connectivity index (χ3v) is 4.72. The van der Waals surface area contributed by atoms with Crippen molar-refractivity contribution >= 4 is 11.5 Å². The standard InChI is InChI=1S/C24H23NO5/c1-29-13-14-30-17-22-12-11-21(16-23(22)25(27)28)24(26)15-18-7-9-20(10-8-18)19-5-3-2-4-6-19/h2-12,16H,13-15,17H2,1H3. The smallest absolute Gasteiger partial charge is 0.275 e. The van der Waals surface area contributed by atoms with Gasteiger partial charge in [0.25, 0.3) is 5.69 Å². The molecule has 30 heavy (non-hydrogen) atoms. The van der Waals surface area contributed by atoms with Crippen LogP contribution in [0, 0.1) is 10.1 Å². The predicted molar refractivity (Wildman–Crippen MR) is 115 cm³/mol. The molecule has 0 aromatic heterocycles. The van der Waals surface area contributed by atoms with E-state index < -0.39 is 4.92 Å². The minimum absolute atomic E-state index is 0.0924. The van der Waals surface area contributed by atoms with Crippen molar-refractivity contribution in [1.29, 1.82) is 0 Å². The monoisotopic (exact) mass is 405 g/mol. The first-order valence-electron chi connectivity index (χ1n) is 9.60. The van der Waals surface area contributed by atoms with Gasteiger partial charge in [0.1, 0.15) is 0 Å². The van der Waals surface area contributed by atoms with Gasteiger partial charge in [0.05, 0.1) is 30.3 Å². The highest BCUT2D eigenvalue weighted by Crippen LogP contribution is 2.23. The van der Waals surface area contributed by atoms with Crippen LogP contribution < -0.4 is 0 Å². The van der Waals surface area contributed by atoms with E-state index in [-0.39, 0.29) is 24.5 Å². The van der Waals surface area contributed by atoms with Gasteiger partial charge in [-0.25, -0.2) is 0 Å². The Balaban J connectivity index is 1.70. The third-order valence-electron chi connectivity index (χ3n) is 4.72. The average Bonchev–Trinajstić information content (AvgIpc) is 2.77. The SMILES string of the molecule is COCCOCc1ccc(C(=O)Cc2ccc(-c3ccccc3)cc2)cc1[N+](=O)[O-]. The van der Waals surface area contributed by atoms with Crippen LogP contribution in [0.25, 0.3) is 11.1 Å². The molecule has 0 N–H and O–H groups in total. The van der Waals surface area contributed by atoms with Crippen LogP contribution in [0.15, 0.2) is 72.8 Å². The maximum Gasteiger partial charge on any atom is 0.275 e. The highest BCUT2D eigenvalue weighted by molar-refractivity contribution is 5.98. The number of Topliss-reactive ketones (excluding diaryl/α,β-unsaturated/α-hetero) is 1. The number of hydrogen-bond acceptors (Lipinski definition) is 5. The average molecular weight is 405 g/mol. The van der Waals surface area contributed by atoms with Crippen molar-refractivity contribution in [3.05, 3.63) is 99.6 Å². The number of carbonyl (C=O) groups excluding carboxylic acids is 1. The van der Waals surface area contributed by atoms with Crippen molar-refractivity contribution in [1.82, 2.24) is 0 Å². The molecule has 3 aromatic rings. The van der Waals surface area contributed by atoms with Gasteiger partial charge in [-0.2, -0.15) is 0 Å². The fourth-order valence-corrected chi connectivity index (χ4v) is 3.09. The predicted octanol–water partition coefficient (Wildman–Crippen LogP) is 4.85. The first kappa shape index (κ1) is 21.4. The molecule has 0 aliphatic carbocycles. The van der Waals surface area contributed by atoms with E-state index in [2.05, 4.69) is 0 Å². The van der Waals surface area contributed by atoms with E-state index >= 15 is 0 Å². The number of carbonyl (C=O) groups is 1. The van der Waals surface area contributed by atoms with E-state index in [1.54, 1.807) is 19.2 Å². The molecule has 0 atom stereocenters. The van der Waals surface area contributed by atoms with E-state index in [0.29, 0.717) is 24.3 Å². The summed E-state index contributed by atoms with van der Waals surface area (Å²) in [6, 6.07) is 22.3. The van der Waals surface area contributed by atoms with Crippen LogP contribution in [0.3, 0.4) is 0 Å². The Hall–Kier alpha value is -3.35. The molecule has 0 saturated heterocycles. The summed E-state index contributed by atoms with van der Waals surface area (Å²) in [4.78, 5) is 23.6. The number of nitrogens with zero attached hydrogens (tertiary/aromatic N) is 1. The van der Waals surface area contributed by atoms with Gasteiger partial charge < -0.3 is 9.47 Å². The summed E-state index contributed by atoms with van der Waals surface area (Å²) in [6.45, 7) is 0.843.